The summed E-state index contributed by atoms with van der Waals surface area (Å²) in [6.07, 6.45) is 3.22. The standard InChI is InChI=1S/C24H23N3O3/c1-3-29-18-11-13-19(14-12-18)30-17(2)24(28)26-21-9-5-4-8-20(21)22-16-27-15-7-6-10-23(27)25-22/h4-17H,3H2,1-2H3,(H,26,28). The number of rotatable bonds is 7. The minimum Gasteiger partial charge on any atom is -0.494 e. The molecule has 4 aromatic rings. The van der Waals surface area contributed by atoms with E-state index >= 15 is 0 Å². The highest BCUT2D eigenvalue weighted by Gasteiger charge is 2.17. The molecule has 1 amide bonds. The zero-order valence-corrected chi connectivity index (χ0v) is 16.9. The second kappa shape index (κ2) is 8.69. The lowest BCUT2D eigenvalue weighted by Crippen LogP contribution is -2.30. The number of fused-ring (bicyclic) bond motifs is 1. The number of carbonyl (C=O) groups is 1. The Kier molecular flexibility index (Phi) is 5.66. The summed E-state index contributed by atoms with van der Waals surface area (Å²) in [4.78, 5) is 17.4. The van der Waals surface area contributed by atoms with Gasteiger partial charge in [-0.1, -0.05) is 24.3 Å². The fourth-order valence-corrected chi connectivity index (χ4v) is 3.15. The molecule has 0 saturated carbocycles. The molecule has 6 nitrogen and oxygen atoms in total. The summed E-state index contributed by atoms with van der Waals surface area (Å²) in [7, 11) is 0. The average Bonchev–Trinajstić information content (AvgIpc) is 3.20. The first kappa shape index (κ1) is 19.5. The second-order valence-electron chi connectivity index (χ2n) is 6.79. The van der Waals surface area contributed by atoms with Gasteiger partial charge < -0.3 is 19.2 Å². The van der Waals surface area contributed by atoms with Crippen LogP contribution in [0.15, 0.2) is 79.1 Å². The topological polar surface area (TPSA) is 64.9 Å². The molecule has 1 N–H and O–H groups in total. The Labute approximate surface area is 175 Å². The number of hydrogen-bond acceptors (Lipinski definition) is 4. The first-order valence-electron chi connectivity index (χ1n) is 9.87. The number of benzene rings is 2. The van der Waals surface area contributed by atoms with Crippen molar-refractivity contribution in [3.05, 3.63) is 79.1 Å². The number of nitrogens with zero attached hydrogens (tertiary/aromatic N) is 2. The van der Waals surface area contributed by atoms with Crippen LogP contribution in [0.4, 0.5) is 5.69 Å². The molecule has 0 bridgehead atoms. The molecule has 4 rings (SSSR count). The maximum atomic E-state index is 12.8. The van der Waals surface area contributed by atoms with Crippen molar-refractivity contribution in [2.45, 2.75) is 20.0 Å². The Hall–Kier alpha value is -3.80. The molecule has 2 aromatic carbocycles. The number of imidazole rings is 1. The molecule has 30 heavy (non-hydrogen) atoms. The van der Waals surface area contributed by atoms with E-state index in [1.807, 2.05) is 78.3 Å². The Bertz CT molecular complexity index is 1120. The molecule has 1 unspecified atom stereocenters. The van der Waals surface area contributed by atoms with Crippen LogP contribution in [0.3, 0.4) is 0 Å². The minimum atomic E-state index is -0.669. The third-order valence-electron chi connectivity index (χ3n) is 4.64. The Morgan fingerprint density at radius 3 is 2.53 bits per heavy atom. The fourth-order valence-electron chi connectivity index (χ4n) is 3.15. The number of carbonyl (C=O) groups excluding carboxylic acids is 1. The van der Waals surface area contributed by atoms with E-state index in [-0.39, 0.29) is 5.91 Å². The van der Waals surface area contributed by atoms with E-state index in [2.05, 4.69) is 10.3 Å². The predicted molar refractivity (Wildman–Crippen MR) is 117 cm³/mol. The molecular formula is C24H23N3O3. The summed E-state index contributed by atoms with van der Waals surface area (Å²) in [5, 5.41) is 2.97. The maximum absolute atomic E-state index is 12.8. The summed E-state index contributed by atoms with van der Waals surface area (Å²) in [6, 6.07) is 20.7. The summed E-state index contributed by atoms with van der Waals surface area (Å²) >= 11 is 0. The number of aromatic nitrogens is 2. The van der Waals surface area contributed by atoms with Gasteiger partial charge in [-0.2, -0.15) is 0 Å². The van der Waals surface area contributed by atoms with Crippen LogP contribution in [0.5, 0.6) is 11.5 Å². The molecule has 0 aliphatic heterocycles. The largest absolute Gasteiger partial charge is 0.494 e. The van der Waals surface area contributed by atoms with Gasteiger partial charge in [0.1, 0.15) is 17.1 Å². The summed E-state index contributed by atoms with van der Waals surface area (Å²) in [5.41, 5.74) is 3.17. The zero-order chi connectivity index (χ0) is 20.9. The van der Waals surface area contributed by atoms with E-state index in [0.717, 1.165) is 22.7 Å². The third-order valence-corrected chi connectivity index (χ3v) is 4.64. The molecule has 0 radical (unpaired) electrons. The van der Waals surface area contributed by atoms with Gasteiger partial charge in [0.25, 0.3) is 5.91 Å². The van der Waals surface area contributed by atoms with Crippen LogP contribution in [0.2, 0.25) is 0 Å². The number of pyridine rings is 1. The molecule has 0 aliphatic rings. The molecule has 2 heterocycles. The van der Waals surface area contributed by atoms with Crippen molar-refractivity contribution in [3.63, 3.8) is 0 Å². The van der Waals surface area contributed by atoms with Crippen molar-refractivity contribution in [3.8, 4) is 22.8 Å². The van der Waals surface area contributed by atoms with Gasteiger partial charge in [0.2, 0.25) is 0 Å². The lowest BCUT2D eigenvalue weighted by Gasteiger charge is -2.16. The third kappa shape index (κ3) is 4.27. The van der Waals surface area contributed by atoms with Crippen molar-refractivity contribution in [1.82, 2.24) is 9.38 Å². The van der Waals surface area contributed by atoms with Crippen LogP contribution < -0.4 is 14.8 Å². The SMILES string of the molecule is CCOc1ccc(OC(C)C(=O)Nc2ccccc2-c2cn3ccccc3n2)cc1. The summed E-state index contributed by atoms with van der Waals surface area (Å²) in [5.74, 6) is 1.14. The van der Waals surface area contributed by atoms with E-state index in [1.165, 1.54) is 0 Å². The van der Waals surface area contributed by atoms with Crippen molar-refractivity contribution < 1.29 is 14.3 Å². The van der Waals surface area contributed by atoms with Gasteiger partial charge in [0.05, 0.1) is 18.0 Å². The van der Waals surface area contributed by atoms with Crippen LogP contribution in [0.25, 0.3) is 16.9 Å². The van der Waals surface area contributed by atoms with Gasteiger partial charge in [0.15, 0.2) is 6.10 Å². The molecule has 6 heteroatoms. The van der Waals surface area contributed by atoms with Gasteiger partial charge in [-0.25, -0.2) is 4.98 Å². The van der Waals surface area contributed by atoms with Crippen LogP contribution >= 0.6 is 0 Å². The minimum absolute atomic E-state index is 0.236. The zero-order valence-electron chi connectivity index (χ0n) is 16.9. The van der Waals surface area contributed by atoms with Gasteiger partial charge in [-0.15, -0.1) is 0 Å². The van der Waals surface area contributed by atoms with Crippen LogP contribution in [-0.2, 0) is 4.79 Å². The van der Waals surface area contributed by atoms with Gasteiger partial charge in [0, 0.05) is 18.0 Å². The number of anilines is 1. The Morgan fingerprint density at radius 1 is 1.03 bits per heavy atom. The van der Waals surface area contributed by atoms with Crippen LogP contribution in [0.1, 0.15) is 13.8 Å². The fraction of sp³-hybridized carbons (Fsp3) is 0.167. The van der Waals surface area contributed by atoms with Crippen LogP contribution in [-0.4, -0.2) is 28.0 Å². The normalized spacial score (nSPS) is 11.8. The maximum Gasteiger partial charge on any atom is 0.265 e. The van der Waals surface area contributed by atoms with E-state index in [1.54, 1.807) is 19.1 Å². The average molecular weight is 401 g/mol. The van der Waals surface area contributed by atoms with Gasteiger partial charge in [-0.05, 0) is 56.3 Å². The van der Waals surface area contributed by atoms with E-state index in [0.29, 0.717) is 18.0 Å². The van der Waals surface area contributed by atoms with Crippen LogP contribution in [0, 0.1) is 0 Å². The molecule has 1 atom stereocenters. The number of nitrogens with one attached hydrogen (secondary N) is 1. The number of para-hydroxylation sites is 1. The van der Waals surface area contributed by atoms with Gasteiger partial charge >= 0.3 is 0 Å². The second-order valence-corrected chi connectivity index (χ2v) is 6.79. The quantitative estimate of drug-likeness (QED) is 0.483. The molecular weight excluding hydrogens is 378 g/mol. The van der Waals surface area contributed by atoms with E-state index in [4.69, 9.17) is 9.47 Å². The van der Waals surface area contributed by atoms with E-state index in [9.17, 15) is 4.79 Å². The first-order chi connectivity index (χ1) is 14.6. The molecule has 0 fully saturated rings. The lowest BCUT2D eigenvalue weighted by molar-refractivity contribution is -0.122. The number of ether oxygens (including phenoxy) is 2. The Morgan fingerprint density at radius 2 is 1.77 bits per heavy atom. The van der Waals surface area contributed by atoms with Crippen molar-refractivity contribution in [1.29, 1.82) is 0 Å². The highest BCUT2D eigenvalue weighted by molar-refractivity contribution is 5.97. The monoisotopic (exact) mass is 401 g/mol. The lowest BCUT2D eigenvalue weighted by atomic mass is 10.1. The highest BCUT2D eigenvalue weighted by Crippen LogP contribution is 2.28. The summed E-state index contributed by atoms with van der Waals surface area (Å²) in [6.45, 7) is 4.25. The molecule has 0 saturated heterocycles. The van der Waals surface area contributed by atoms with Gasteiger partial charge in [-0.3, -0.25) is 4.79 Å². The number of amides is 1. The van der Waals surface area contributed by atoms with E-state index < -0.39 is 6.10 Å². The summed E-state index contributed by atoms with van der Waals surface area (Å²) < 4.78 is 13.2. The molecule has 0 spiro atoms. The number of hydrogen-bond donors (Lipinski definition) is 1. The molecule has 2 aromatic heterocycles. The highest BCUT2D eigenvalue weighted by atomic mass is 16.5. The van der Waals surface area contributed by atoms with Crippen molar-refractivity contribution in [2.24, 2.45) is 0 Å². The predicted octanol–water partition coefficient (Wildman–Crippen LogP) is 4.81. The molecule has 0 aliphatic carbocycles. The van der Waals surface area contributed by atoms with Crippen molar-refractivity contribution in [2.75, 3.05) is 11.9 Å². The Balaban J connectivity index is 1.49. The van der Waals surface area contributed by atoms with Crippen molar-refractivity contribution >= 4 is 17.2 Å². The molecule has 152 valence electrons. The first-order valence-corrected chi connectivity index (χ1v) is 9.87. The smallest absolute Gasteiger partial charge is 0.265 e.